The third-order valence-electron chi connectivity index (χ3n) is 3.50. The van der Waals surface area contributed by atoms with Crippen LogP contribution >= 0.6 is 0 Å². The summed E-state index contributed by atoms with van der Waals surface area (Å²) in [7, 11) is 3.28. The molecule has 4 nitrogen and oxygen atoms in total. The molecule has 1 aromatic heterocycles. The number of hydrogen-bond acceptors (Lipinski definition) is 3. The molecule has 1 heterocycles. The second-order valence-corrected chi connectivity index (χ2v) is 4.68. The summed E-state index contributed by atoms with van der Waals surface area (Å²) in [4.78, 5) is 3.41. The maximum absolute atomic E-state index is 5.74. The summed E-state index contributed by atoms with van der Waals surface area (Å²) in [5.74, 6) is 1.59. The Hall–Kier alpha value is -2.20. The summed E-state index contributed by atoms with van der Waals surface area (Å²) in [5, 5.41) is 2.25. The molecule has 0 saturated heterocycles. The number of fused-ring (bicyclic) bond motifs is 3. The summed E-state index contributed by atoms with van der Waals surface area (Å²) >= 11 is 0. The quantitative estimate of drug-likeness (QED) is 0.737. The fraction of sp³-hybridized carbons (Fsp3) is 0.250. The molecular formula is C16H17NO3. The van der Waals surface area contributed by atoms with E-state index in [1.807, 2.05) is 25.1 Å². The summed E-state index contributed by atoms with van der Waals surface area (Å²) in [5.41, 5.74) is 3.02. The van der Waals surface area contributed by atoms with Gasteiger partial charge >= 0.3 is 0 Å². The highest BCUT2D eigenvalue weighted by atomic mass is 16.7. The number of benzene rings is 2. The number of hydrogen-bond donors (Lipinski definition) is 1. The van der Waals surface area contributed by atoms with Crippen LogP contribution in [0.2, 0.25) is 0 Å². The molecule has 104 valence electrons. The largest absolute Gasteiger partial charge is 0.496 e. The Labute approximate surface area is 117 Å². The first kappa shape index (κ1) is 12.8. The van der Waals surface area contributed by atoms with Crippen LogP contribution in [0.1, 0.15) is 5.56 Å². The van der Waals surface area contributed by atoms with Gasteiger partial charge in [0.2, 0.25) is 0 Å². The van der Waals surface area contributed by atoms with Crippen molar-refractivity contribution in [1.82, 2.24) is 4.98 Å². The Morgan fingerprint density at radius 3 is 2.65 bits per heavy atom. The normalized spacial score (nSPS) is 11.2. The van der Waals surface area contributed by atoms with Gasteiger partial charge in [0.05, 0.1) is 12.6 Å². The highest BCUT2D eigenvalue weighted by Crippen LogP contribution is 2.39. The van der Waals surface area contributed by atoms with E-state index in [-0.39, 0.29) is 6.79 Å². The third-order valence-corrected chi connectivity index (χ3v) is 3.50. The van der Waals surface area contributed by atoms with E-state index in [1.165, 1.54) is 0 Å². The van der Waals surface area contributed by atoms with E-state index in [0.717, 1.165) is 38.9 Å². The minimum atomic E-state index is 0.207. The zero-order chi connectivity index (χ0) is 14.1. The van der Waals surface area contributed by atoms with E-state index in [4.69, 9.17) is 14.2 Å². The van der Waals surface area contributed by atoms with Crippen molar-refractivity contribution in [1.29, 1.82) is 0 Å². The lowest BCUT2D eigenvalue weighted by atomic mass is 10.1. The number of H-pyrrole nitrogens is 1. The Morgan fingerprint density at radius 2 is 1.90 bits per heavy atom. The maximum Gasteiger partial charge on any atom is 0.188 e. The molecule has 2 aromatic carbocycles. The van der Waals surface area contributed by atoms with Crippen LogP contribution in [0.25, 0.3) is 21.8 Å². The van der Waals surface area contributed by atoms with Gasteiger partial charge in [-0.3, -0.25) is 0 Å². The van der Waals surface area contributed by atoms with E-state index < -0.39 is 0 Å². The van der Waals surface area contributed by atoms with Crippen molar-refractivity contribution >= 4 is 21.8 Å². The van der Waals surface area contributed by atoms with Crippen LogP contribution < -0.4 is 9.47 Å². The standard InChI is InChI=1S/C16H17NO3/c1-10-14(19-3)8-12-11-6-4-5-7-13(11)17-15(12)16(10)20-9-18-2/h4-8,17H,9H2,1-3H3. The third kappa shape index (κ3) is 1.89. The molecule has 0 bridgehead atoms. The van der Waals surface area contributed by atoms with Crippen molar-refractivity contribution < 1.29 is 14.2 Å². The SMILES string of the molecule is COCOc1c(C)c(OC)cc2c1[nH]c1ccccc12. The molecule has 1 N–H and O–H groups in total. The van der Waals surface area contributed by atoms with Gasteiger partial charge < -0.3 is 19.2 Å². The molecule has 0 aliphatic heterocycles. The molecule has 0 atom stereocenters. The van der Waals surface area contributed by atoms with Crippen molar-refractivity contribution in [2.45, 2.75) is 6.92 Å². The van der Waals surface area contributed by atoms with Crippen LogP contribution in [-0.4, -0.2) is 26.0 Å². The fourth-order valence-electron chi connectivity index (χ4n) is 2.54. The van der Waals surface area contributed by atoms with E-state index >= 15 is 0 Å². The number of aromatic nitrogens is 1. The maximum atomic E-state index is 5.74. The van der Waals surface area contributed by atoms with E-state index in [0.29, 0.717) is 0 Å². The highest BCUT2D eigenvalue weighted by Gasteiger charge is 2.16. The van der Waals surface area contributed by atoms with E-state index in [9.17, 15) is 0 Å². The number of aromatic amines is 1. The molecule has 0 aliphatic carbocycles. The second kappa shape index (κ2) is 5.06. The minimum Gasteiger partial charge on any atom is -0.496 e. The smallest absolute Gasteiger partial charge is 0.188 e. The fourth-order valence-corrected chi connectivity index (χ4v) is 2.54. The zero-order valence-electron chi connectivity index (χ0n) is 11.8. The van der Waals surface area contributed by atoms with Gasteiger partial charge in [0, 0.05) is 29.0 Å². The molecule has 0 spiro atoms. The summed E-state index contributed by atoms with van der Waals surface area (Å²) in [6.45, 7) is 2.19. The average Bonchev–Trinajstić information content (AvgIpc) is 2.84. The van der Waals surface area contributed by atoms with Gasteiger partial charge in [-0.15, -0.1) is 0 Å². The van der Waals surface area contributed by atoms with Crippen molar-refractivity contribution in [2.24, 2.45) is 0 Å². The van der Waals surface area contributed by atoms with Gasteiger partial charge in [-0.1, -0.05) is 18.2 Å². The number of para-hydroxylation sites is 1. The summed E-state index contributed by atoms with van der Waals surface area (Å²) in [6, 6.07) is 10.2. The molecule has 0 amide bonds. The molecule has 4 heteroatoms. The van der Waals surface area contributed by atoms with Crippen molar-refractivity contribution in [3.63, 3.8) is 0 Å². The minimum absolute atomic E-state index is 0.207. The lowest BCUT2D eigenvalue weighted by Crippen LogP contribution is -2.02. The molecule has 3 rings (SSSR count). The first-order chi connectivity index (χ1) is 9.76. The summed E-state index contributed by atoms with van der Waals surface area (Å²) < 4.78 is 16.2. The average molecular weight is 271 g/mol. The topological polar surface area (TPSA) is 43.5 Å². The van der Waals surface area contributed by atoms with E-state index in [1.54, 1.807) is 14.2 Å². The second-order valence-electron chi connectivity index (χ2n) is 4.68. The Balaban J connectivity index is 2.34. The molecule has 3 aromatic rings. The van der Waals surface area contributed by atoms with Crippen LogP contribution in [0, 0.1) is 6.92 Å². The lowest BCUT2D eigenvalue weighted by molar-refractivity contribution is 0.0515. The summed E-state index contributed by atoms with van der Waals surface area (Å²) in [6.07, 6.45) is 0. The first-order valence-electron chi connectivity index (χ1n) is 6.46. The molecule has 0 fully saturated rings. The first-order valence-corrected chi connectivity index (χ1v) is 6.46. The number of nitrogens with one attached hydrogen (secondary N) is 1. The monoisotopic (exact) mass is 271 g/mol. The lowest BCUT2D eigenvalue weighted by Gasteiger charge is -2.13. The molecule has 20 heavy (non-hydrogen) atoms. The number of methoxy groups -OCH3 is 2. The van der Waals surface area contributed by atoms with Gasteiger partial charge in [-0.2, -0.15) is 0 Å². The van der Waals surface area contributed by atoms with Crippen molar-refractivity contribution in [3.05, 3.63) is 35.9 Å². The van der Waals surface area contributed by atoms with E-state index in [2.05, 4.69) is 17.1 Å². The van der Waals surface area contributed by atoms with Gasteiger partial charge in [0.1, 0.15) is 5.75 Å². The predicted octanol–water partition coefficient (Wildman–Crippen LogP) is 3.62. The molecule has 0 unspecified atom stereocenters. The molecule has 0 aliphatic rings. The van der Waals surface area contributed by atoms with Crippen molar-refractivity contribution in [3.8, 4) is 11.5 Å². The van der Waals surface area contributed by atoms with Gasteiger partial charge in [0.25, 0.3) is 0 Å². The van der Waals surface area contributed by atoms with Gasteiger partial charge in [-0.25, -0.2) is 0 Å². The Bertz CT molecular complexity index is 761. The van der Waals surface area contributed by atoms with Crippen molar-refractivity contribution in [2.75, 3.05) is 21.0 Å². The van der Waals surface area contributed by atoms with Crippen LogP contribution in [0.5, 0.6) is 11.5 Å². The number of ether oxygens (including phenoxy) is 3. The van der Waals surface area contributed by atoms with Gasteiger partial charge in [0.15, 0.2) is 12.5 Å². The van der Waals surface area contributed by atoms with Gasteiger partial charge in [-0.05, 0) is 19.1 Å². The van der Waals surface area contributed by atoms with Crippen LogP contribution in [0.3, 0.4) is 0 Å². The number of rotatable bonds is 4. The van der Waals surface area contributed by atoms with Crippen LogP contribution in [0.4, 0.5) is 0 Å². The van der Waals surface area contributed by atoms with Crippen LogP contribution in [-0.2, 0) is 4.74 Å². The molecule has 0 saturated carbocycles. The van der Waals surface area contributed by atoms with Crippen LogP contribution in [0.15, 0.2) is 30.3 Å². The molecular weight excluding hydrogens is 254 g/mol. The zero-order valence-corrected chi connectivity index (χ0v) is 11.8. The highest BCUT2D eigenvalue weighted by molar-refractivity contribution is 6.10. The predicted molar refractivity (Wildman–Crippen MR) is 79.6 cm³/mol. The Morgan fingerprint density at radius 1 is 1.10 bits per heavy atom. The molecule has 0 radical (unpaired) electrons. The Kier molecular flexibility index (Phi) is 3.24.